The molecular formula is C19H25N5O. The molecule has 0 aliphatic heterocycles. The molecule has 0 aliphatic carbocycles. The number of rotatable bonds is 7. The summed E-state index contributed by atoms with van der Waals surface area (Å²) in [6.07, 6.45) is 3.68. The lowest BCUT2D eigenvalue weighted by atomic mass is 10.1. The summed E-state index contributed by atoms with van der Waals surface area (Å²) in [7, 11) is 1.91. The number of aryl methyl sites for hydroxylation is 2. The highest BCUT2D eigenvalue weighted by molar-refractivity contribution is 5.86. The maximum atomic E-state index is 5.51. The van der Waals surface area contributed by atoms with Crippen molar-refractivity contribution in [2.24, 2.45) is 7.05 Å². The number of anilines is 1. The number of aromatic nitrogens is 4. The number of fused-ring (bicyclic) bond motifs is 1. The van der Waals surface area contributed by atoms with Crippen molar-refractivity contribution in [1.82, 2.24) is 19.7 Å². The van der Waals surface area contributed by atoms with Crippen molar-refractivity contribution in [2.75, 3.05) is 11.9 Å². The van der Waals surface area contributed by atoms with Crippen LogP contribution in [0.4, 0.5) is 5.82 Å². The summed E-state index contributed by atoms with van der Waals surface area (Å²) in [4.78, 5) is 9.35. The van der Waals surface area contributed by atoms with Gasteiger partial charge in [-0.1, -0.05) is 19.1 Å². The van der Waals surface area contributed by atoms with E-state index in [1.54, 1.807) is 4.68 Å². The van der Waals surface area contributed by atoms with Crippen LogP contribution in [0.5, 0.6) is 5.75 Å². The molecule has 0 saturated carbocycles. The summed E-state index contributed by atoms with van der Waals surface area (Å²) in [5.74, 6) is 2.57. The van der Waals surface area contributed by atoms with Gasteiger partial charge in [0.1, 0.15) is 17.4 Å². The van der Waals surface area contributed by atoms with Crippen molar-refractivity contribution in [1.29, 1.82) is 0 Å². The van der Waals surface area contributed by atoms with Crippen LogP contribution < -0.4 is 10.1 Å². The number of nitrogens with one attached hydrogen (secondary N) is 1. The van der Waals surface area contributed by atoms with E-state index in [2.05, 4.69) is 41.4 Å². The molecule has 1 N–H and O–H groups in total. The first-order valence-corrected chi connectivity index (χ1v) is 8.80. The highest BCUT2D eigenvalue weighted by Gasteiger charge is 2.14. The molecule has 0 aliphatic rings. The molecule has 3 aromatic rings. The molecule has 0 spiro atoms. The van der Waals surface area contributed by atoms with E-state index in [0.717, 1.165) is 41.3 Å². The monoisotopic (exact) mass is 339 g/mol. The van der Waals surface area contributed by atoms with Crippen LogP contribution in [-0.2, 0) is 13.5 Å². The van der Waals surface area contributed by atoms with E-state index in [1.165, 1.54) is 5.56 Å². The number of hydrogen-bond acceptors (Lipinski definition) is 5. The highest BCUT2D eigenvalue weighted by Crippen LogP contribution is 2.25. The summed E-state index contributed by atoms with van der Waals surface area (Å²) in [6, 6.07) is 8.27. The average Bonchev–Trinajstić information content (AvgIpc) is 2.98. The lowest BCUT2D eigenvalue weighted by molar-refractivity contribution is 0.340. The Morgan fingerprint density at radius 2 is 1.92 bits per heavy atom. The van der Waals surface area contributed by atoms with Gasteiger partial charge in [0.05, 0.1) is 18.2 Å². The predicted octanol–water partition coefficient (Wildman–Crippen LogP) is 3.89. The largest absolute Gasteiger partial charge is 0.494 e. The number of nitrogens with zero attached hydrogens (tertiary/aromatic N) is 4. The Bertz CT molecular complexity index is 841. The fourth-order valence-corrected chi connectivity index (χ4v) is 2.82. The topological polar surface area (TPSA) is 64.9 Å². The van der Waals surface area contributed by atoms with Crippen LogP contribution in [-0.4, -0.2) is 26.4 Å². The Morgan fingerprint density at radius 1 is 1.16 bits per heavy atom. The minimum atomic E-state index is 0.114. The molecule has 0 saturated heterocycles. The van der Waals surface area contributed by atoms with Crippen LogP contribution in [0.2, 0.25) is 0 Å². The van der Waals surface area contributed by atoms with Crippen molar-refractivity contribution in [2.45, 2.75) is 39.7 Å². The van der Waals surface area contributed by atoms with E-state index >= 15 is 0 Å². The van der Waals surface area contributed by atoms with Crippen LogP contribution in [0.1, 0.15) is 44.6 Å². The minimum Gasteiger partial charge on any atom is -0.494 e. The Hall–Kier alpha value is -2.63. The molecular weight excluding hydrogens is 314 g/mol. The van der Waals surface area contributed by atoms with Gasteiger partial charge in [-0.2, -0.15) is 5.10 Å². The van der Waals surface area contributed by atoms with E-state index in [-0.39, 0.29) is 6.04 Å². The van der Waals surface area contributed by atoms with Gasteiger partial charge in [-0.25, -0.2) is 9.97 Å². The Balaban J connectivity index is 1.88. The van der Waals surface area contributed by atoms with E-state index < -0.39 is 0 Å². The Morgan fingerprint density at radius 3 is 2.60 bits per heavy atom. The number of hydrogen-bond donors (Lipinski definition) is 1. The number of benzene rings is 1. The van der Waals surface area contributed by atoms with Crippen LogP contribution in [0, 0.1) is 0 Å². The average molecular weight is 339 g/mol. The van der Waals surface area contributed by atoms with Crippen molar-refractivity contribution in [3.05, 3.63) is 41.9 Å². The molecule has 6 nitrogen and oxygen atoms in total. The Labute approximate surface area is 148 Å². The standard InChI is InChI=1S/C19H25N5O/c1-5-7-17-22-18(16-12-20-24(4)19(16)23-17)21-13(3)14-8-10-15(11-9-14)25-6-2/h8-13H,5-7H2,1-4H3,(H,21,22,23)/t13-/m1/s1. The first kappa shape index (κ1) is 17.2. The number of ether oxygens (including phenoxy) is 1. The van der Waals surface area contributed by atoms with E-state index in [0.29, 0.717) is 6.61 Å². The van der Waals surface area contributed by atoms with Crippen LogP contribution in [0.15, 0.2) is 30.5 Å². The summed E-state index contributed by atoms with van der Waals surface area (Å²) < 4.78 is 7.30. The maximum absolute atomic E-state index is 5.51. The molecule has 2 aromatic heterocycles. The van der Waals surface area contributed by atoms with Gasteiger partial charge < -0.3 is 10.1 Å². The fourth-order valence-electron chi connectivity index (χ4n) is 2.82. The molecule has 1 atom stereocenters. The lowest BCUT2D eigenvalue weighted by Crippen LogP contribution is -2.10. The van der Waals surface area contributed by atoms with Crippen molar-refractivity contribution in [3.8, 4) is 5.75 Å². The third-order valence-electron chi connectivity index (χ3n) is 4.16. The molecule has 25 heavy (non-hydrogen) atoms. The normalized spacial score (nSPS) is 12.3. The van der Waals surface area contributed by atoms with Gasteiger partial charge >= 0.3 is 0 Å². The van der Waals surface area contributed by atoms with E-state index in [4.69, 9.17) is 9.72 Å². The van der Waals surface area contributed by atoms with Crippen LogP contribution in [0.3, 0.4) is 0 Å². The minimum absolute atomic E-state index is 0.114. The van der Waals surface area contributed by atoms with Gasteiger partial charge in [0.25, 0.3) is 0 Å². The fraction of sp³-hybridized carbons (Fsp3) is 0.421. The third-order valence-corrected chi connectivity index (χ3v) is 4.16. The van der Waals surface area contributed by atoms with Gasteiger partial charge in [0.2, 0.25) is 0 Å². The second-order valence-electron chi connectivity index (χ2n) is 6.11. The molecule has 0 unspecified atom stereocenters. The molecule has 1 aromatic carbocycles. The summed E-state index contributed by atoms with van der Waals surface area (Å²) in [6.45, 7) is 6.92. The molecule has 0 amide bonds. The predicted molar refractivity (Wildman–Crippen MR) is 99.9 cm³/mol. The molecule has 0 bridgehead atoms. The van der Waals surface area contributed by atoms with Crippen molar-refractivity contribution >= 4 is 16.9 Å². The van der Waals surface area contributed by atoms with Gasteiger partial charge in [0, 0.05) is 19.5 Å². The first-order valence-electron chi connectivity index (χ1n) is 8.80. The van der Waals surface area contributed by atoms with E-state index in [9.17, 15) is 0 Å². The zero-order chi connectivity index (χ0) is 17.8. The second-order valence-corrected chi connectivity index (χ2v) is 6.11. The van der Waals surface area contributed by atoms with Gasteiger partial charge in [0.15, 0.2) is 5.65 Å². The molecule has 132 valence electrons. The van der Waals surface area contributed by atoms with Crippen LogP contribution in [0.25, 0.3) is 11.0 Å². The van der Waals surface area contributed by atoms with Crippen molar-refractivity contribution in [3.63, 3.8) is 0 Å². The van der Waals surface area contributed by atoms with Gasteiger partial charge in [-0.15, -0.1) is 0 Å². The van der Waals surface area contributed by atoms with Crippen molar-refractivity contribution < 1.29 is 4.74 Å². The molecule has 2 heterocycles. The summed E-state index contributed by atoms with van der Waals surface area (Å²) in [5, 5.41) is 8.79. The van der Waals surface area contributed by atoms with E-state index in [1.807, 2.05) is 32.3 Å². The van der Waals surface area contributed by atoms with Gasteiger partial charge in [-0.05, 0) is 38.0 Å². The quantitative estimate of drug-likeness (QED) is 0.707. The van der Waals surface area contributed by atoms with Crippen LogP contribution >= 0.6 is 0 Å². The molecule has 0 radical (unpaired) electrons. The zero-order valence-electron chi connectivity index (χ0n) is 15.3. The Kier molecular flexibility index (Phi) is 5.16. The lowest BCUT2D eigenvalue weighted by Gasteiger charge is -2.16. The second kappa shape index (κ2) is 7.51. The first-order chi connectivity index (χ1) is 12.1. The summed E-state index contributed by atoms with van der Waals surface area (Å²) >= 11 is 0. The SMILES string of the molecule is CCCc1nc(N[C@H](C)c2ccc(OCC)cc2)c2cnn(C)c2n1. The zero-order valence-corrected chi connectivity index (χ0v) is 15.3. The van der Waals surface area contributed by atoms with Gasteiger partial charge in [-0.3, -0.25) is 4.68 Å². The highest BCUT2D eigenvalue weighted by atomic mass is 16.5. The third kappa shape index (κ3) is 3.73. The molecule has 6 heteroatoms. The summed E-state index contributed by atoms with van der Waals surface area (Å²) in [5.41, 5.74) is 2.04. The molecule has 0 fully saturated rings. The smallest absolute Gasteiger partial charge is 0.163 e. The molecule has 3 rings (SSSR count). The maximum Gasteiger partial charge on any atom is 0.163 e.